The molecule has 0 aliphatic heterocycles. The van der Waals surface area contributed by atoms with Crippen molar-refractivity contribution in [3.63, 3.8) is 0 Å². The van der Waals surface area contributed by atoms with E-state index in [0.29, 0.717) is 10.7 Å². The zero-order valence-corrected chi connectivity index (χ0v) is 6.26. The van der Waals surface area contributed by atoms with Crippen molar-refractivity contribution >= 4 is 11.6 Å². The molecule has 0 bridgehead atoms. The van der Waals surface area contributed by atoms with E-state index >= 15 is 0 Å². The Bertz CT molecular complexity index is 354. The van der Waals surface area contributed by atoms with E-state index in [-0.39, 0.29) is 0 Å². The zero-order chi connectivity index (χ0) is 8.10. The van der Waals surface area contributed by atoms with Crippen LogP contribution in [0.15, 0.2) is 18.3 Å². The fraction of sp³-hybridized carbons (Fsp3) is 0. The average molecular weight is 163 g/mol. The molecule has 3 heteroatoms. The summed E-state index contributed by atoms with van der Waals surface area (Å²) in [6.45, 7) is 0. The lowest BCUT2D eigenvalue weighted by Crippen LogP contribution is -1.80. The number of aromatic nitrogens is 1. The largest absolute Gasteiger partial charge is 0.246 e. The van der Waals surface area contributed by atoms with Gasteiger partial charge in [0.2, 0.25) is 0 Å². The van der Waals surface area contributed by atoms with E-state index in [1.807, 2.05) is 0 Å². The number of nitriles is 1. The van der Waals surface area contributed by atoms with Crippen LogP contribution in [0.2, 0.25) is 5.02 Å². The lowest BCUT2D eigenvalue weighted by Gasteiger charge is -1.89. The van der Waals surface area contributed by atoms with Gasteiger partial charge >= 0.3 is 0 Å². The van der Waals surface area contributed by atoms with Crippen molar-refractivity contribution in [3.05, 3.63) is 29.0 Å². The molecule has 0 radical (unpaired) electrons. The van der Waals surface area contributed by atoms with Crippen molar-refractivity contribution in [1.82, 2.24) is 4.98 Å². The Balaban J connectivity index is 3.07. The summed E-state index contributed by atoms with van der Waals surface area (Å²) in [5.41, 5.74) is 0.440. The first-order valence-corrected chi connectivity index (χ1v) is 3.23. The van der Waals surface area contributed by atoms with Crippen LogP contribution in [-0.4, -0.2) is 4.98 Å². The number of halogens is 1. The molecule has 0 unspecified atom stereocenters. The summed E-state index contributed by atoms with van der Waals surface area (Å²) in [4.78, 5) is 3.86. The third-order valence-corrected chi connectivity index (χ3v) is 1.30. The van der Waals surface area contributed by atoms with Gasteiger partial charge in [0.25, 0.3) is 0 Å². The van der Waals surface area contributed by atoms with Gasteiger partial charge in [-0.25, -0.2) is 4.98 Å². The Labute approximate surface area is 69.4 Å². The molecule has 52 valence electrons. The molecule has 1 aromatic rings. The third kappa shape index (κ3) is 1.97. The topological polar surface area (TPSA) is 36.7 Å². The van der Waals surface area contributed by atoms with Gasteiger partial charge in [0, 0.05) is 12.1 Å². The molecule has 1 heterocycles. The van der Waals surface area contributed by atoms with Crippen LogP contribution in [-0.2, 0) is 0 Å². The van der Waals surface area contributed by atoms with Gasteiger partial charge in [0.05, 0.1) is 5.02 Å². The van der Waals surface area contributed by atoms with Gasteiger partial charge in [0.15, 0.2) is 6.07 Å². The van der Waals surface area contributed by atoms with E-state index < -0.39 is 0 Å². The first kappa shape index (κ1) is 7.60. The predicted octanol–water partition coefficient (Wildman–Crippen LogP) is 1.61. The summed E-state index contributed by atoms with van der Waals surface area (Å²) < 4.78 is 0. The maximum Gasteiger partial charge on any atom is 0.152 e. The molecule has 0 spiro atoms. The van der Waals surface area contributed by atoms with Crippen LogP contribution in [0.1, 0.15) is 5.69 Å². The van der Waals surface area contributed by atoms with Gasteiger partial charge in [-0.1, -0.05) is 11.6 Å². The van der Waals surface area contributed by atoms with Crippen LogP contribution in [0.4, 0.5) is 0 Å². The Morgan fingerprint density at radius 3 is 3.00 bits per heavy atom. The summed E-state index contributed by atoms with van der Waals surface area (Å²) in [7, 11) is 0. The molecule has 0 fully saturated rings. The Hall–Kier alpha value is -1.51. The Morgan fingerprint density at radius 1 is 1.55 bits per heavy atom. The Kier molecular flexibility index (Phi) is 2.49. The van der Waals surface area contributed by atoms with Crippen molar-refractivity contribution in [2.75, 3.05) is 0 Å². The minimum absolute atomic E-state index is 0.440. The first-order valence-electron chi connectivity index (χ1n) is 2.85. The molecular formula is C8H3ClN2. The van der Waals surface area contributed by atoms with Crippen LogP contribution in [0.5, 0.6) is 0 Å². The summed E-state index contributed by atoms with van der Waals surface area (Å²) in [6.07, 6.45) is 1.58. The molecule has 0 aromatic carbocycles. The van der Waals surface area contributed by atoms with Crippen LogP contribution in [0.3, 0.4) is 0 Å². The van der Waals surface area contributed by atoms with Crippen molar-refractivity contribution in [2.45, 2.75) is 0 Å². The second kappa shape index (κ2) is 3.61. The smallest absolute Gasteiger partial charge is 0.152 e. The summed E-state index contributed by atoms with van der Waals surface area (Å²) in [5.74, 6) is 4.72. The second-order valence-electron chi connectivity index (χ2n) is 1.70. The molecule has 0 saturated carbocycles. The standard InChI is InChI=1S/C8H3ClN2/c9-7-3-2-6-11-8(7)4-1-5-10/h2-3,6H. The van der Waals surface area contributed by atoms with E-state index in [1.165, 1.54) is 0 Å². The van der Waals surface area contributed by atoms with Gasteiger partial charge in [-0.15, -0.1) is 0 Å². The maximum absolute atomic E-state index is 8.12. The molecular weight excluding hydrogens is 160 g/mol. The highest BCUT2D eigenvalue weighted by atomic mass is 35.5. The second-order valence-corrected chi connectivity index (χ2v) is 2.10. The molecule has 0 aliphatic rings. The zero-order valence-electron chi connectivity index (χ0n) is 5.50. The van der Waals surface area contributed by atoms with Crippen molar-refractivity contribution in [3.8, 4) is 17.9 Å². The van der Waals surface area contributed by atoms with Crippen LogP contribution in [0, 0.1) is 23.2 Å². The lowest BCUT2D eigenvalue weighted by atomic mass is 10.3. The normalized spacial score (nSPS) is 7.64. The fourth-order valence-corrected chi connectivity index (χ4v) is 0.734. The quantitative estimate of drug-likeness (QED) is 0.544. The fourth-order valence-electron chi connectivity index (χ4n) is 0.565. The van der Waals surface area contributed by atoms with Crippen molar-refractivity contribution < 1.29 is 0 Å². The predicted molar refractivity (Wildman–Crippen MR) is 41.7 cm³/mol. The van der Waals surface area contributed by atoms with Gasteiger partial charge in [-0.05, 0) is 18.1 Å². The SMILES string of the molecule is N#CC#Cc1ncccc1Cl. The molecule has 0 N–H and O–H groups in total. The van der Waals surface area contributed by atoms with Crippen LogP contribution < -0.4 is 0 Å². The van der Waals surface area contributed by atoms with E-state index in [0.717, 1.165) is 0 Å². The summed E-state index contributed by atoms with van der Waals surface area (Å²) in [6, 6.07) is 5.07. The number of hydrogen-bond donors (Lipinski definition) is 0. The van der Waals surface area contributed by atoms with Crippen molar-refractivity contribution in [2.24, 2.45) is 0 Å². The number of hydrogen-bond acceptors (Lipinski definition) is 2. The maximum atomic E-state index is 8.12. The lowest BCUT2D eigenvalue weighted by molar-refractivity contribution is 1.29. The molecule has 0 amide bonds. The van der Waals surface area contributed by atoms with Gasteiger partial charge in [-0.3, -0.25) is 0 Å². The van der Waals surface area contributed by atoms with Crippen molar-refractivity contribution in [1.29, 1.82) is 5.26 Å². The molecule has 1 aromatic heterocycles. The minimum Gasteiger partial charge on any atom is -0.246 e. The summed E-state index contributed by atoms with van der Waals surface area (Å²) >= 11 is 5.69. The first-order chi connectivity index (χ1) is 5.34. The highest BCUT2D eigenvalue weighted by molar-refractivity contribution is 6.31. The highest BCUT2D eigenvalue weighted by Crippen LogP contribution is 2.09. The molecule has 0 aliphatic carbocycles. The molecule has 0 atom stereocenters. The van der Waals surface area contributed by atoms with Gasteiger partial charge < -0.3 is 0 Å². The van der Waals surface area contributed by atoms with Crippen LogP contribution in [0.25, 0.3) is 0 Å². The molecule has 1 rings (SSSR count). The molecule has 0 saturated heterocycles. The van der Waals surface area contributed by atoms with E-state index in [9.17, 15) is 0 Å². The average Bonchev–Trinajstić information content (AvgIpc) is 2.03. The molecule has 2 nitrogen and oxygen atoms in total. The van der Waals surface area contributed by atoms with E-state index in [4.69, 9.17) is 16.9 Å². The Morgan fingerprint density at radius 2 is 2.36 bits per heavy atom. The number of nitrogens with zero attached hydrogens (tertiary/aromatic N) is 2. The highest BCUT2D eigenvalue weighted by Gasteiger charge is 1.93. The molecule has 11 heavy (non-hydrogen) atoms. The number of pyridine rings is 1. The summed E-state index contributed by atoms with van der Waals surface area (Å²) in [5, 5.41) is 8.59. The van der Waals surface area contributed by atoms with Gasteiger partial charge in [-0.2, -0.15) is 5.26 Å². The monoisotopic (exact) mass is 162 g/mol. The van der Waals surface area contributed by atoms with E-state index in [1.54, 1.807) is 24.4 Å². The van der Waals surface area contributed by atoms with Crippen LogP contribution >= 0.6 is 11.6 Å². The third-order valence-electron chi connectivity index (χ3n) is 0.995. The number of rotatable bonds is 0. The minimum atomic E-state index is 0.440. The van der Waals surface area contributed by atoms with Gasteiger partial charge in [0.1, 0.15) is 5.69 Å². The van der Waals surface area contributed by atoms with E-state index in [2.05, 4.69) is 16.8 Å².